The molecule has 2 atom stereocenters. The number of amides is 1. The normalized spacial score (nSPS) is 25.4. The molecule has 20 heavy (non-hydrogen) atoms. The Hall–Kier alpha value is -1.26. The second-order valence-corrected chi connectivity index (χ2v) is 6.12. The average Bonchev–Trinajstić information content (AvgIpc) is 2.78. The Morgan fingerprint density at radius 3 is 2.70 bits per heavy atom. The van der Waals surface area contributed by atoms with Gasteiger partial charge in [-0.3, -0.25) is 4.79 Å². The SMILES string of the molecule is Cc1cc2c(c3c1NC(=O)C3(C)C)O[C@@H](CN)[C@H]2C.Cl. The molecule has 0 saturated carbocycles. The fraction of sp³-hybridized carbons (Fsp3) is 0.533. The molecule has 110 valence electrons. The molecule has 0 aliphatic carbocycles. The third-order valence-corrected chi connectivity index (χ3v) is 4.49. The second kappa shape index (κ2) is 4.64. The Morgan fingerprint density at radius 1 is 1.45 bits per heavy atom. The Balaban J connectivity index is 0.00000147. The van der Waals surface area contributed by atoms with Gasteiger partial charge in [-0.15, -0.1) is 12.4 Å². The maximum Gasteiger partial charge on any atom is 0.234 e. The predicted molar refractivity (Wildman–Crippen MR) is 82.0 cm³/mol. The number of fused-ring (bicyclic) bond motifs is 3. The number of rotatable bonds is 1. The number of carbonyl (C=O) groups excluding carboxylic acids is 1. The molecule has 1 aromatic carbocycles. The van der Waals surface area contributed by atoms with Crippen molar-refractivity contribution < 1.29 is 9.53 Å². The summed E-state index contributed by atoms with van der Waals surface area (Å²) in [5.74, 6) is 1.17. The molecule has 2 heterocycles. The second-order valence-electron chi connectivity index (χ2n) is 6.12. The highest BCUT2D eigenvalue weighted by Crippen LogP contribution is 2.51. The van der Waals surface area contributed by atoms with E-state index in [0.717, 1.165) is 22.6 Å². The predicted octanol–water partition coefficient (Wildman–Crippen LogP) is 2.47. The Kier molecular flexibility index (Phi) is 3.51. The van der Waals surface area contributed by atoms with Crippen molar-refractivity contribution >= 4 is 24.0 Å². The van der Waals surface area contributed by atoms with E-state index >= 15 is 0 Å². The van der Waals surface area contributed by atoms with E-state index < -0.39 is 5.41 Å². The van der Waals surface area contributed by atoms with E-state index in [1.54, 1.807) is 0 Å². The van der Waals surface area contributed by atoms with Gasteiger partial charge in [0, 0.05) is 23.6 Å². The van der Waals surface area contributed by atoms with E-state index in [2.05, 4.69) is 18.3 Å². The standard InChI is InChI=1S/C15H20N2O2.ClH/c1-7-5-9-8(2)10(6-16)19-13(9)11-12(7)17-14(18)15(11,3)4;/h5,8,10H,6,16H2,1-4H3,(H,17,18);1H/t8-,10-;/m0./s1. The topological polar surface area (TPSA) is 64.3 Å². The molecule has 0 fully saturated rings. The van der Waals surface area contributed by atoms with Crippen molar-refractivity contribution in [3.05, 3.63) is 22.8 Å². The number of aryl methyl sites for hydroxylation is 1. The molecule has 0 spiro atoms. The lowest BCUT2D eigenvalue weighted by Crippen LogP contribution is -2.29. The van der Waals surface area contributed by atoms with E-state index in [4.69, 9.17) is 10.5 Å². The molecular formula is C15H21ClN2O2. The monoisotopic (exact) mass is 296 g/mol. The van der Waals surface area contributed by atoms with Crippen molar-refractivity contribution in [3.8, 4) is 5.75 Å². The summed E-state index contributed by atoms with van der Waals surface area (Å²) >= 11 is 0. The van der Waals surface area contributed by atoms with Crippen molar-refractivity contribution in [1.82, 2.24) is 0 Å². The lowest BCUT2D eigenvalue weighted by atomic mass is 9.82. The third-order valence-electron chi connectivity index (χ3n) is 4.49. The summed E-state index contributed by atoms with van der Waals surface area (Å²) in [4.78, 5) is 12.1. The molecule has 2 aliphatic heterocycles. The first-order valence-electron chi connectivity index (χ1n) is 6.74. The minimum atomic E-state index is -0.547. The zero-order valence-corrected chi connectivity index (χ0v) is 13.1. The fourth-order valence-corrected chi connectivity index (χ4v) is 3.14. The summed E-state index contributed by atoms with van der Waals surface area (Å²) in [5.41, 5.74) is 9.41. The van der Waals surface area contributed by atoms with Crippen LogP contribution in [0, 0.1) is 6.92 Å². The van der Waals surface area contributed by atoms with E-state index in [0.29, 0.717) is 6.54 Å². The van der Waals surface area contributed by atoms with Crippen LogP contribution in [-0.2, 0) is 10.2 Å². The molecule has 5 heteroatoms. The summed E-state index contributed by atoms with van der Waals surface area (Å²) in [5, 5.41) is 2.98. The van der Waals surface area contributed by atoms with E-state index in [9.17, 15) is 4.79 Å². The molecule has 0 saturated heterocycles. The van der Waals surface area contributed by atoms with Crippen LogP contribution in [0.3, 0.4) is 0 Å². The first-order valence-corrected chi connectivity index (χ1v) is 6.74. The van der Waals surface area contributed by atoms with Gasteiger partial charge < -0.3 is 15.8 Å². The van der Waals surface area contributed by atoms with Gasteiger partial charge in [0.25, 0.3) is 0 Å². The van der Waals surface area contributed by atoms with Crippen LogP contribution < -0.4 is 15.8 Å². The molecule has 0 unspecified atom stereocenters. The van der Waals surface area contributed by atoms with Crippen LogP contribution in [0.15, 0.2) is 6.07 Å². The highest BCUT2D eigenvalue weighted by molar-refractivity contribution is 6.07. The van der Waals surface area contributed by atoms with Gasteiger partial charge in [0.15, 0.2) is 0 Å². The van der Waals surface area contributed by atoms with Gasteiger partial charge in [0.2, 0.25) is 5.91 Å². The van der Waals surface area contributed by atoms with Crippen molar-refractivity contribution in [2.75, 3.05) is 11.9 Å². The molecule has 4 nitrogen and oxygen atoms in total. The molecule has 3 N–H and O–H groups in total. The molecule has 2 aliphatic rings. The molecule has 3 rings (SSSR count). The summed E-state index contributed by atoms with van der Waals surface area (Å²) < 4.78 is 6.03. The maximum absolute atomic E-state index is 12.1. The van der Waals surface area contributed by atoms with Crippen LogP contribution in [0.25, 0.3) is 0 Å². The van der Waals surface area contributed by atoms with E-state index in [1.807, 2.05) is 20.8 Å². The van der Waals surface area contributed by atoms with Crippen LogP contribution in [-0.4, -0.2) is 18.6 Å². The molecule has 0 aromatic heterocycles. The first-order chi connectivity index (χ1) is 8.87. The van der Waals surface area contributed by atoms with Crippen molar-refractivity contribution in [2.24, 2.45) is 5.73 Å². The van der Waals surface area contributed by atoms with Crippen LogP contribution in [0.1, 0.15) is 43.4 Å². The van der Waals surface area contributed by atoms with Crippen molar-refractivity contribution in [1.29, 1.82) is 0 Å². The number of nitrogens with one attached hydrogen (secondary N) is 1. The number of carbonyl (C=O) groups is 1. The van der Waals surface area contributed by atoms with Gasteiger partial charge in [-0.1, -0.05) is 6.92 Å². The van der Waals surface area contributed by atoms with Gasteiger partial charge in [0.05, 0.1) is 11.1 Å². The van der Waals surface area contributed by atoms with E-state index in [1.165, 1.54) is 5.56 Å². The lowest BCUT2D eigenvalue weighted by Gasteiger charge is -2.19. The number of benzene rings is 1. The Labute approximate surface area is 125 Å². The van der Waals surface area contributed by atoms with E-state index in [-0.39, 0.29) is 30.3 Å². The van der Waals surface area contributed by atoms with Gasteiger partial charge >= 0.3 is 0 Å². The minimum Gasteiger partial charge on any atom is -0.488 e. The van der Waals surface area contributed by atoms with Gasteiger partial charge in [-0.05, 0) is 32.4 Å². The zero-order chi connectivity index (χ0) is 13.9. The van der Waals surface area contributed by atoms with Gasteiger partial charge in [0.1, 0.15) is 11.9 Å². The number of hydrogen-bond acceptors (Lipinski definition) is 3. The number of hydrogen-bond donors (Lipinski definition) is 2. The number of anilines is 1. The zero-order valence-electron chi connectivity index (χ0n) is 12.2. The first kappa shape index (κ1) is 15.1. The molecule has 0 bridgehead atoms. The lowest BCUT2D eigenvalue weighted by molar-refractivity contribution is -0.119. The third kappa shape index (κ3) is 1.75. The fourth-order valence-electron chi connectivity index (χ4n) is 3.14. The quantitative estimate of drug-likeness (QED) is 0.837. The van der Waals surface area contributed by atoms with Crippen molar-refractivity contribution in [2.45, 2.75) is 45.1 Å². The highest BCUT2D eigenvalue weighted by atomic mass is 35.5. The maximum atomic E-state index is 12.1. The van der Waals surface area contributed by atoms with Crippen LogP contribution in [0.4, 0.5) is 5.69 Å². The largest absolute Gasteiger partial charge is 0.488 e. The molecule has 1 amide bonds. The van der Waals surface area contributed by atoms with Gasteiger partial charge in [-0.2, -0.15) is 0 Å². The Morgan fingerprint density at radius 2 is 2.10 bits per heavy atom. The summed E-state index contributed by atoms with van der Waals surface area (Å²) in [6.45, 7) is 8.54. The van der Waals surface area contributed by atoms with Crippen LogP contribution in [0.2, 0.25) is 0 Å². The number of halogens is 1. The smallest absolute Gasteiger partial charge is 0.234 e. The Bertz CT molecular complexity index is 584. The number of nitrogens with two attached hydrogens (primary N) is 1. The summed E-state index contributed by atoms with van der Waals surface area (Å²) in [6.07, 6.45) is 0.00685. The molecular weight excluding hydrogens is 276 g/mol. The van der Waals surface area contributed by atoms with Crippen molar-refractivity contribution in [3.63, 3.8) is 0 Å². The van der Waals surface area contributed by atoms with Crippen LogP contribution >= 0.6 is 12.4 Å². The summed E-state index contributed by atoms with van der Waals surface area (Å²) in [6, 6.07) is 2.12. The van der Waals surface area contributed by atoms with Gasteiger partial charge in [-0.25, -0.2) is 0 Å². The number of ether oxygens (including phenoxy) is 1. The molecule has 1 aromatic rings. The minimum absolute atomic E-state index is 0. The molecule has 0 radical (unpaired) electrons. The highest BCUT2D eigenvalue weighted by Gasteiger charge is 2.45. The summed E-state index contributed by atoms with van der Waals surface area (Å²) in [7, 11) is 0. The average molecular weight is 297 g/mol. The van der Waals surface area contributed by atoms with Crippen LogP contribution in [0.5, 0.6) is 5.75 Å².